The first-order chi connectivity index (χ1) is 16.2. The van der Waals surface area contributed by atoms with Crippen molar-refractivity contribution in [2.24, 2.45) is 0 Å². The van der Waals surface area contributed by atoms with Crippen LogP contribution in [0, 0.1) is 0 Å². The second-order valence-electron chi connectivity index (χ2n) is 7.91. The summed E-state index contributed by atoms with van der Waals surface area (Å²) in [7, 11) is 0. The van der Waals surface area contributed by atoms with Crippen LogP contribution in [0.5, 0.6) is 11.6 Å². The predicted octanol–water partition coefficient (Wildman–Crippen LogP) is 4.65. The van der Waals surface area contributed by atoms with Crippen LogP contribution in [0.2, 0.25) is 0 Å². The van der Waals surface area contributed by atoms with Crippen LogP contribution in [0.1, 0.15) is 22.4 Å². The van der Waals surface area contributed by atoms with Crippen molar-refractivity contribution in [2.75, 3.05) is 0 Å². The van der Waals surface area contributed by atoms with Crippen molar-refractivity contribution in [1.29, 1.82) is 0 Å². The number of fused-ring (bicyclic) bond motifs is 1. The minimum absolute atomic E-state index is 0.142. The summed E-state index contributed by atoms with van der Waals surface area (Å²) in [6.07, 6.45) is 3.44. The van der Waals surface area contributed by atoms with E-state index in [-0.39, 0.29) is 11.4 Å². The largest absolute Gasteiger partial charge is 0.492 e. The topological polar surface area (TPSA) is 80.1 Å². The van der Waals surface area contributed by atoms with Crippen molar-refractivity contribution < 1.29 is 9.84 Å². The minimum Gasteiger partial charge on any atom is -0.492 e. The zero-order valence-corrected chi connectivity index (χ0v) is 17.9. The van der Waals surface area contributed by atoms with Crippen LogP contribution in [0.15, 0.2) is 96.1 Å². The van der Waals surface area contributed by atoms with Gasteiger partial charge in [0.05, 0.1) is 18.4 Å². The molecule has 2 aromatic heterocycles. The Morgan fingerprint density at radius 2 is 1.73 bits per heavy atom. The number of nitrogens with one attached hydrogen (secondary N) is 1. The van der Waals surface area contributed by atoms with Crippen molar-refractivity contribution >= 4 is 10.9 Å². The zero-order chi connectivity index (χ0) is 22.6. The van der Waals surface area contributed by atoms with E-state index in [1.54, 1.807) is 4.57 Å². The van der Waals surface area contributed by atoms with Gasteiger partial charge in [0.1, 0.15) is 12.4 Å². The molecule has 0 saturated carbocycles. The first-order valence-electron chi connectivity index (χ1n) is 10.8. The van der Waals surface area contributed by atoms with Crippen LogP contribution in [-0.2, 0) is 19.6 Å². The Balaban J connectivity index is 1.42. The summed E-state index contributed by atoms with van der Waals surface area (Å²) in [5, 5.41) is 11.6. The lowest BCUT2D eigenvalue weighted by atomic mass is 10.1. The molecular formula is C27H23N3O3. The highest BCUT2D eigenvalue weighted by molar-refractivity contribution is 5.83. The Bertz CT molecular complexity index is 1450. The maximum atomic E-state index is 12.7. The van der Waals surface area contributed by atoms with Crippen LogP contribution in [-0.4, -0.2) is 19.6 Å². The number of para-hydroxylation sites is 1. The van der Waals surface area contributed by atoms with Gasteiger partial charge in [-0.3, -0.25) is 4.79 Å². The van der Waals surface area contributed by atoms with Gasteiger partial charge < -0.3 is 19.4 Å². The van der Waals surface area contributed by atoms with E-state index >= 15 is 0 Å². The molecule has 2 heterocycles. The van der Waals surface area contributed by atoms with Gasteiger partial charge in [-0.15, -0.1) is 0 Å². The summed E-state index contributed by atoms with van der Waals surface area (Å²) in [4.78, 5) is 19.9. The maximum Gasteiger partial charge on any atom is 0.269 e. The second kappa shape index (κ2) is 9.04. The van der Waals surface area contributed by atoms with Crippen molar-refractivity contribution in [2.45, 2.75) is 19.6 Å². The van der Waals surface area contributed by atoms with Gasteiger partial charge in [0.2, 0.25) is 5.88 Å². The van der Waals surface area contributed by atoms with Gasteiger partial charge in [0, 0.05) is 23.5 Å². The third-order valence-electron chi connectivity index (χ3n) is 5.67. The average molecular weight is 437 g/mol. The summed E-state index contributed by atoms with van der Waals surface area (Å²) in [5.74, 6) is 0.581. The monoisotopic (exact) mass is 437 g/mol. The molecule has 33 heavy (non-hydrogen) atoms. The molecule has 0 aliphatic rings. The van der Waals surface area contributed by atoms with Crippen molar-refractivity contribution in [3.8, 4) is 11.6 Å². The van der Waals surface area contributed by atoms with Crippen molar-refractivity contribution in [3.05, 3.63) is 124 Å². The highest BCUT2D eigenvalue weighted by Crippen LogP contribution is 2.24. The lowest BCUT2D eigenvalue weighted by molar-refractivity contribution is 0.306. The highest BCUT2D eigenvalue weighted by atomic mass is 16.5. The predicted molar refractivity (Wildman–Crippen MR) is 128 cm³/mol. The molecule has 6 heteroatoms. The first-order valence-corrected chi connectivity index (χ1v) is 10.8. The van der Waals surface area contributed by atoms with Gasteiger partial charge in [-0.05, 0) is 34.9 Å². The molecule has 0 saturated heterocycles. The number of rotatable bonds is 7. The quantitative estimate of drug-likeness (QED) is 0.388. The molecule has 5 aromatic rings. The van der Waals surface area contributed by atoms with Crippen LogP contribution >= 0.6 is 0 Å². The SMILES string of the molecule is O=c1cnc(O)c(Cc2c[nH]c3ccccc23)n1Cc1cccc(OCc2ccccc2)c1. The van der Waals surface area contributed by atoms with Crippen LogP contribution in [0.25, 0.3) is 10.9 Å². The smallest absolute Gasteiger partial charge is 0.269 e. The Hall–Kier alpha value is -4.32. The molecule has 2 N–H and O–H groups in total. The van der Waals surface area contributed by atoms with Gasteiger partial charge in [-0.25, -0.2) is 4.98 Å². The van der Waals surface area contributed by atoms with Crippen molar-refractivity contribution in [3.63, 3.8) is 0 Å². The second-order valence-corrected chi connectivity index (χ2v) is 7.91. The molecule has 0 aliphatic carbocycles. The summed E-state index contributed by atoms with van der Waals surface area (Å²) in [6, 6.07) is 25.6. The van der Waals surface area contributed by atoms with E-state index in [1.807, 2.05) is 85.1 Å². The van der Waals surface area contributed by atoms with E-state index in [4.69, 9.17) is 4.74 Å². The minimum atomic E-state index is -0.266. The zero-order valence-electron chi connectivity index (χ0n) is 17.9. The summed E-state index contributed by atoms with van der Waals surface area (Å²) in [5.41, 5.74) is 4.18. The molecule has 0 atom stereocenters. The molecule has 0 amide bonds. The number of hydrogen-bond acceptors (Lipinski definition) is 4. The molecule has 0 fully saturated rings. The molecule has 0 spiro atoms. The third kappa shape index (κ3) is 4.50. The van der Waals surface area contributed by atoms with E-state index in [2.05, 4.69) is 9.97 Å². The number of H-pyrrole nitrogens is 1. The fourth-order valence-electron chi connectivity index (χ4n) is 3.98. The van der Waals surface area contributed by atoms with Gasteiger partial charge in [-0.1, -0.05) is 60.7 Å². The number of aromatic amines is 1. The molecule has 6 nitrogen and oxygen atoms in total. The van der Waals surface area contributed by atoms with Gasteiger partial charge in [-0.2, -0.15) is 0 Å². The Morgan fingerprint density at radius 1 is 0.939 bits per heavy atom. The number of aromatic hydroxyl groups is 1. The van der Waals surface area contributed by atoms with E-state index in [0.29, 0.717) is 25.3 Å². The molecule has 3 aromatic carbocycles. The van der Waals surface area contributed by atoms with Crippen LogP contribution < -0.4 is 10.3 Å². The van der Waals surface area contributed by atoms with E-state index < -0.39 is 0 Å². The normalized spacial score (nSPS) is 11.0. The van der Waals surface area contributed by atoms with Crippen molar-refractivity contribution in [1.82, 2.24) is 14.5 Å². The summed E-state index contributed by atoms with van der Waals surface area (Å²) >= 11 is 0. The molecule has 164 valence electrons. The number of ether oxygens (including phenoxy) is 1. The van der Waals surface area contributed by atoms with Gasteiger partial charge in [0.25, 0.3) is 5.56 Å². The highest BCUT2D eigenvalue weighted by Gasteiger charge is 2.15. The van der Waals surface area contributed by atoms with Gasteiger partial charge in [0.15, 0.2) is 0 Å². The maximum absolute atomic E-state index is 12.7. The third-order valence-corrected chi connectivity index (χ3v) is 5.67. The number of benzene rings is 3. The molecule has 0 bridgehead atoms. The molecule has 5 rings (SSSR count). The summed E-state index contributed by atoms with van der Waals surface area (Å²) < 4.78 is 7.50. The molecule has 0 aliphatic heterocycles. The molecular weight excluding hydrogens is 414 g/mol. The lowest BCUT2D eigenvalue weighted by Gasteiger charge is -2.14. The molecule has 0 unspecified atom stereocenters. The Labute approximate surface area is 190 Å². The van der Waals surface area contributed by atoms with E-state index in [1.165, 1.54) is 0 Å². The van der Waals surface area contributed by atoms with Crippen LogP contribution in [0.3, 0.4) is 0 Å². The number of aromatic nitrogens is 3. The van der Waals surface area contributed by atoms with E-state index in [0.717, 1.165) is 39.5 Å². The van der Waals surface area contributed by atoms with Gasteiger partial charge >= 0.3 is 0 Å². The first kappa shape index (κ1) is 20.6. The standard InChI is InChI=1S/C27H23N3O3/c31-26-16-29-27(32)25(14-21-15-28-24-12-5-4-11-23(21)24)30(26)17-20-9-6-10-22(13-20)33-18-19-7-2-1-3-8-19/h1-13,15-16,28,32H,14,17-18H2. The fraction of sp³-hybridized carbons (Fsp3) is 0.111. The number of nitrogens with zero attached hydrogens (tertiary/aromatic N) is 2. The molecule has 0 radical (unpaired) electrons. The fourth-order valence-corrected chi connectivity index (χ4v) is 3.98. The number of hydrogen-bond donors (Lipinski definition) is 2. The summed E-state index contributed by atoms with van der Waals surface area (Å²) in [6.45, 7) is 0.765. The lowest BCUT2D eigenvalue weighted by Crippen LogP contribution is -2.24. The Morgan fingerprint density at radius 3 is 2.61 bits per heavy atom. The van der Waals surface area contributed by atoms with Crippen LogP contribution in [0.4, 0.5) is 0 Å². The van der Waals surface area contributed by atoms with E-state index in [9.17, 15) is 9.90 Å². The Kier molecular flexibility index (Phi) is 5.64. The average Bonchev–Trinajstić information content (AvgIpc) is 3.26.